The van der Waals surface area contributed by atoms with Crippen LogP contribution in [0.15, 0.2) is 65.3 Å². The summed E-state index contributed by atoms with van der Waals surface area (Å²) in [5.74, 6) is 0.0550. The molecule has 1 saturated heterocycles. The van der Waals surface area contributed by atoms with Crippen molar-refractivity contribution in [1.29, 1.82) is 0 Å². The molecular weight excluding hydrogens is 400 g/mol. The van der Waals surface area contributed by atoms with E-state index in [0.29, 0.717) is 17.1 Å². The summed E-state index contributed by atoms with van der Waals surface area (Å²) in [6, 6.07) is 15.8. The zero-order chi connectivity index (χ0) is 21.4. The lowest BCUT2D eigenvalue weighted by Gasteiger charge is -2.22. The van der Waals surface area contributed by atoms with Gasteiger partial charge in [-0.1, -0.05) is 30.3 Å². The number of carbonyl (C=O) groups is 2. The Kier molecular flexibility index (Phi) is 4.28. The predicted molar refractivity (Wildman–Crippen MR) is 105 cm³/mol. The summed E-state index contributed by atoms with van der Waals surface area (Å²) >= 11 is 0. The van der Waals surface area contributed by atoms with Gasteiger partial charge in [0.05, 0.1) is 5.69 Å². The molecule has 0 radical (unpaired) electrons. The molecular formula is C20H16N8O3. The van der Waals surface area contributed by atoms with E-state index >= 15 is 0 Å². The molecule has 1 atom stereocenters. The summed E-state index contributed by atoms with van der Waals surface area (Å²) < 4.78 is 7.12. The van der Waals surface area contributed by atoms with Crippen molar-refractivity contribution in [3.8, 4) is 17.1 Å². The third-order valence-electron chi connectivity index (χ3n) is 5.09. The zero-order valence-corrected chi connectivity index (χ0v) is 16.3. The Labute approximate surface area is 175 Å². The number of nitrogens with one attached hydrogen (secondary N) is 1. The average Bonchev–Trinajstić information content (AvgIpc) is 3.53. The molecule has 0 unspecified atom stereocenters. The second-order valence-electron chi connectivity index (χ2n) is 7.12. The number of amides is 3. The largest absolute Gasteiger partial charge is 0.419 e. The Morgan fingerprint density at radius 3 is 2.68 bits per heavy atom. The lowest BCUT2D eigenvalue weighted by molar-refractivity contribution is -0.131. The smallest absolute Gasteiger partial charge is 0.325 e. The van der Waals surface area contributed by atoms with Gasteiger partial charge >= 0.3 is 6.03 Å². The molecule has 1 fully saturated rings. The number of hydrogen-bond acceptors (Lipinski definition) is 8. The van der Waals surface area contributed by atoms with Crippen LogP contribution in [0.3, 0.4) is 0 Å². The first kappa shape index (κ1) is 18.6. The van der Waals surface area contributed by atoms with E-state index < -0.39 is 17.5 Å². The van der Waals surface area contributed by atoms with Crippen molar-refractivity contribution in [3.05, 3.63) is 72.4 Å². The molecule has 2 aromatic heterocycles. The van der Waals surface area contributed by atoms with Gasteiger partial charge in [0.15, 0.2) is 0 Å². The van der Waals surface area contributed by atoms with E-state index in [1.165, 1.54) is 11.0 Å². The van der Waals surface area contributed by atoms with Crippen molar-refractivity contribution in [2.24, 2.45) is 0 Å². The molecule has 0 spiro atoms. The fourth-order valence-electron chi connectivity index (χ4n) is 3.43. The average molecular weight is 416 g/mol. The van der Waals surface area contributed by atoms with Crippen LogP contribution in [0.25, 0.3) is 17.1 Å². The molecule has 0 aliphatic carbocycles. The summed E-state index contributed by atoms with van der Waals surface area (Å²) in [6.45, 7) is 1.52. The van der Waals surface area contributed by atoms with Crippen LogP contribution in [0.2, 0.25) is 0 Å². The second kappa shape index (κ2) is 7.13. The normalized spacial score (nSPS) is 18.4. The van der Waals surface area contributed by atoms with E-state index in [9.17, 15) is 9.59 Å². The molecule has 3 heterocycles. The molecule has 4 aromatic rings. The van der Waals surface area contributed by atoms with E-state index in [4.69, 9.17) is 4.42 Å². The van der Waals surface area contributed by atoms with Crippen LogP contribution >= 0.6 is 0 Å². The topological polar surface area (TPSA) is 132 Å². The van der Waals surface area contributed by atoms with Crippen molar-refractivity contribution >= 4 is 11.9 Å². The number of hydrogen-bond donors (Lipinski definition) is 1. The molecule has 11 heteroatoms. The third kappa shape index (κ3) is 3.21. The molecule has 5 rings (SSSR count). The van der Waals surface area contributed by atoms with E-state index in [1.807, 2.05) is 30.3 Å². The van der Waals surface area contributed by atoms with Gasteiger partial charge in [0.25, 0.3) is 5.91 Å². The maximum Gasteiger partial charge on any atom is 0.325 e. The number of imide groups is 1. The maximum absolute atomic E-state index is 13.2. The first-order valence-electron chi connectivity index (χ1n) is 9.40. The number of carbonyl (C=O) groups excluding carboxylic acids is 2. The summed E-state index contributed by atoms with van der Waals surface area (Å²) in [5.41, 5.74) is 0.747. The van der Waals surface area contributed by atoms with Crippen molar-refractivity contribution in [2.45, 2.75) is 19.0 Å². The lowest BCUT2D eigenvalue weighted by Crippen LogP contribution is -2.40. The molecule has 3 amide bonds. The highest BCUT2D eigenvalue weighted by Crippen LogP contribution is 2.31. The molecule has 11 nitrogen and oxygen atoms in total. The Balaban J connectivity index is 1.40. The molecule has 2 aromatic carbocycles. The Bertz CT molecular complexity index is 1250. The van der Waals surface area contributed by atoms with Crippen LogP contribution in [0.4, 0.5) is 4.79 Å². The van der Waals surface area contributed by atoms with Crippen LogP contribution < -0.4 is 5.32 Å². The van der Waals surface area contributed by atoms with Gasteiger partial charge in [-0.2, -0.15) is 0 Å². The molecule has 1 aliphatic heterocycles. The van der Waals surface area contributed by atoms with E-state index in [2.05, 4.69) is 31.0 Å². The Hall–Kier alpha value is -4.41. The molecule has 1 N–H and O–H groups in total. The molecule has 154 valence electrons. The van der Waals surface area contributed by atoms with Gasteiger partial charge < -0.3 is 9.73 Å². The molecule has 0 bridgehead atoms. The molecule has 1 aliphatic rings. The van der Waals surface area contributed by atoms with Gasteiger partial charge in [0.1, 0.15) is 18.4 Å². The zero-order valence-electron chi connectivity index (χ0n) is 16.3. The van der Waals surface area contributed by atoms with Crippen molar-refractivity contribution in [3.63, 3.8) is 0 Å². The van der Waals surface area contributed by atoms with Gasteiger partial charge in [-0.25, -0.2) is 9.48 Å². The Morgan fingerprint density at radius 1 is 1.06 bits per heavy atom. The monoisotopic (exact) mass is 416 g/mol. The number of benzene rings is 2. The second-order valence-corrected chi connectivity index (χ2v) is 7.12. The van der Waals surface area contributed by atoms with Crippen molar-refractivity contribution < 1.29 is 14.0 Å². The summed E-state index contributed by atoms with van der Waals surface area (Å²) in [6.07, 6.45) is 1.45. The van der Waals surface area contributed by atoms with Crippen LogP contribution in [-0.4, -0.2) is 47.2 Å². The van der Waals surface area contributed by atoms with E-state index in [-0.39, 0.29) is 12.4 Å². The summed E-state index contributed by atoms with van der Waals surface area (Å²) in [5, 5.41) is 21.8. The van der Waals surface area contributed by atoms with Crippen LogP contribution in [0, 0.1) is 0 Å². The molecule has 31 heavy (non-hydrogen) atoms. The first-order valence-corrected chi connectivity index (χ1v) is 9.40. The highest BCUT2D eigenvalue weighted by Gasteiger charge is 2.49. The van der Waals surface area contributed by atoms with Gasteiger partial charge in [-0.3, -0.25) is 9.69 Å². The fourth-order valence-corrected chi connectivity index (χ4v) is 3.43. The summed E-state index contributed by atoms with van der Waals surface area (Å²) in [4.78, 5) is 26.9. The Morgan fingerprint density at radius 2 is 1.90 bits per heavy atom. The minimum absolute atomic E-state index is 0.132. The van der Waals surface area contributed by atoms with E-state index in [1.54, 1.807) is 31.2 Å². The highest BCUT2D eigenvalue weighted by atomic mass is 16.4. The minimum atomic E-state index is -1.26. The lowest BCUT2D eigenvalue weighted by atomic mass is 9.91. The quantitative estimate of drug-likeness (QED) is 0.486. The molecule has 0 saturated carbocycles. The summed E-state index contributed by atoms with van der Waals surface area (Å²) in [7, 11) is 0. The van der Waals surface area contributed by atoms with Gasteiger partial charge in [0.2, 0.25) is 11.8 Å². The van der Waals surface area contributed by atoms with Gasteiger partial charge in [-0.15, -0.1) is 15.3 Å². The number of urea groups is 1. The van der Waals surface area contributed by atoms with Crippen LogP contribution in [-0.2, 0) is 16.9 Å². The van der Waals surface area contributed by atoms with Crippen LogP contribution in [0.5, 0.6) is 0 Å². The maximum atomic E-state index is 13.2. The third-order valence-corrected chi connectivity index (χ3v) is 5.09. The fraction of sp³-hybridized carbons (Fsp3) is 0.150. The number of tetrazole rings is 1. The van der Waals surface area contributed by atoms with Gasteiger partial charge in [0, 0.05) is 5.56 Å². The first-order chi connectivity index (χ1) is 15.0. The standard InChI is InChI=1S/C20H16N8O3/c1-20(14-8-5-9-15(10-14)28-12-21-25-26-28)18(29)27(19(30)22-20)11-16-23-24-17(31-16)13-6-3-2-4-7-13/h2-10,12H,11H2,1H3,(H,22,30)/t20-/m0/s1. The number of aromatic nitrogens is 6. The van der Waals surface area contributed by atoms with Crippen molar-refractivity contribution in [2.75, 3.05) is 0 Å². The number of rotatable bonds is 5. The van der Waals surface area contributed by atoms with Gasteiger partial charge in [-0.05, 0) is 47.2 Å². The highest BCUT2D eigenvalue weighted by molar-refractivity contribution is 6.07. The van der Waals surface area contributed by atoms with E-state index in [0.717, 1.165) is 10.5 Å². The predicted octanol–water partition coefficient (Wildman–Crippen LogP) is 1.68. The number of nitrogens with zero attached hydrogens (tertiary/aromatic N) is 7. The van der Waals surface area contributed by atoms with Crippen LogP contribution in [0.1, 0.15) is 18.4 Å². The minimum Gasteiger partial charge on any atom is -0.419 e. The van der Waals surface area contributed by atoms with Crippen molar-refractivity contribution in [1.82, 2.24) is 40.6 Å². The SMILES string of the molecule is C[C@@]1(c2cccc(-n3cnnn3)c2)NC(=O)N(Cc2nnc(-c3ccccc3)o2)C1=O.